The Bertz CT molecular complexity index is 928. The molecule has 1 atom stereocenters. The first kappa shape index (κ1) is 17.9. The molecule has 1 amide bonds. The van der Waals surface area contributed by atoms with E-state index in [9.17, 15) is 14.7 Å². The van der Waals surface area contributed by atoms with E-state index < -0.39 is 6.10 Å². The van der Waals surface area contributed by atoms with Gasteiger partial charge in [0.25, 0.3) is 0 Å². The van der Waals surface area contributed by atoms with Gasteiger partial charge < -0.3 is 10.0 Å². The van der Waals surface area contributed by atoms with E-state index in [1.54, 1.807) is 16.4 Å². The van der Waals surface area contributed by atoms with E-state index in [4.69, 9.17) is 0 Å². The Morgan fingerprint density at radius 2 is 2.07 bits per heavy atom. The molecule has 2 aromatic rings. The molecule has 1 fully saturated rings. The molecule has 1 saturated carbocycles. The second-order valence-corrected chi connectivity index (χ2v) is 7.60. The van der Waals surface area contributed by atoms with E-state index >= 15 is 0 Å². The number of rotatable bonds is 5. The predicted molar refractivity (Wildman–Crippen MR) is 97.9 cm³/mol. The first-order chi connectivity index (χ1) is 12.9. The number of fused-ring (bicyclic) bond motifs is 1. The highest BCUT2D eigenvalue weighted by atomic mass is 16.3. The molecule has 2 aliphatic rings. The first-order valence-electron chi connectivity index (χ1n) is 9.50. The van der Waals surface area contributed by atoms with E-state index in [0.29, 0.717) is 37.8 Å². The zero-order valence-corrected chi connectivity index (χ0v) is 15.8. The largest absolute Gasteiger partial charge is 0.386 e. The molecule has 2 aromatic heterocycles. The monoisotopic (exact) mass is 371 g/mol. The van der Waals surface area contributed by atoms with Gasteiger partial charge in [0, 0.05) is 30.9 Å². The Balaban J connectivity index is 1.40. The number of aliphatic hydroxyl groups is 1. The molecule has 8 heteroatoms. The van der Waals surface area contributed by atoms with Gasteiger partial charge in [0.1, 0.15) is 6.10 Å². The van der Waals surface area contributed by atoms with Gasteiger partial charge in [-0.05, 0) is 44.7 Å². The van der Waals surface area contributed by atoms with Crippen molar-refractivity contribution >= 4 is 5.91 Å². The molecule has 3 heterocycles. The van der Waals surface area contributed by atoms with Crippen LogP contribution in [0.4, 0.5) is 0 Å². The minimum Gasteiger partial charge on any atom is -0.386 e. The number of amides is 1. The summed E-state index contributed by atoms with van der Waals surface area (Å²) in [4.78, 5) is 30.4. The summed E-state index contributed by atoms with van der Waals surface area (Å²) in [7, 11) is 0. The van der Waals surface area contributed by atoms with E-state index in [2.05, 4.69) is 10.1 Å². The van der Waals surface area contributed by atoms with Crippen LogP contribution in [0.1, 0.15) is 48.1 Å². The maximum Gasteiger partial charge on any atom is 0.347 e. The van der Waals surface area contributed by atoms with Crippen molar-refractivity contribution in [2.75, 3.05) is 6.54 Å². The van der Waals surface area contributed by atoms with Crippen LogP contribution in [0.5, 0.6) is 0 Å². The van der Waals surface area contributed by atoms with Crippen molar-refractivity contribution in [2.45, 2.75) is 58.8 Å². The molecular formula is C19H25N5O3. The summed E-state index contributed by atoms with van der Waals surface area (Å²) in [5.41, 5.74) is 2.87. The van der Waals surface area contributed by atoms with Gasteiger partial charge in [-0.3, -0.25) is 14.0 Å². The Morgan fingerprint density at radius 1 is 1.30 bits per heavy atom. The van der Waals surface area contributed by atoms with Crippen LogP contribution >= 0.6 is 0 Å². The highest BCUT2D eigenvalue weighted by Crippen LogP contribution is 2.40. The quantitative estimate of drug-likeness (QED) is 0.844. The van der Waals surface area contributed by atoms with Crippen LogP contribution in [0.15, 0.2) is 16.9 Å². The summed E-state index contributed by atoms with van der Waals surface area (Å²) in [5, 5.41) is 14.8. The third kappa shape index (κ3) is 3.66. The van der Waals surface area contributed by atoms with Gasteiger partial charge in [0.15, 0.2) is 0 Å². The molecule has 144 valence electrons. The SMILES string of the molecule is Cc1cc(C)n(CCC(=O)N2CCn3nc(C(O)C4CC4)cc3C2)c(=O)n1. The van der Waals surface area contributed by atoms with Crippen molar-refractivity contribution in [3.63, 3.8) is 0 Å². The third-order valence-electron chi connectivity index (χ3n) is 5.44. The third-order valence-corrected chi connectivity index (χ3v) is 5.44. The Kier molecular flexibility index (Phi) is 4.59. The molecule has 0 bridgehead atoms. The van der Waals surface area contributed by atoms with E-state index in [0.717, 1.165) is 29.9 Å². The van der Waals surface area contributed by atoms with Gasteiger partial charge in [-0.25, -0.2) is 4.79 Å². The minimum absolute atomic E-state index is 0.0126. The molecule has 1 aliphatic heterocycles. The fourth-order valence-corrected chi connectivity index (χ4v) is 3.71. The molecule has 27 heavy (non-hydrogen) atoms. The molecule has 0 aromatic carbocycles. The second-order valence-electron chi connectivity index (χ2n) is 7.60. The summed E-state index contributed by atoms with van der Waals surface area (Å²) >= 11 is 0. The average Bonchev–Trinajstić information content (AvgIpc) is 3.38. The number of aliphatic hydroxyl groups excluding tert-OH is 1. The van der Waals surface area contributed by atoms with E-state index in [-0.39, 0.29) is 18.0 Å². The summed E-state index contributed by atoms with van der Waals surface area (Å²) in [6.45, 7) is 5.68. The number of carbonyl (C=O) groups excluding carboxylic acids is 1. The number of carbonyl (C=O) groups is 1. The van der Waals surface area contributed by atoms with Crippen LogP contribution in [0.2, 0.25) is 0 Å². The molecule has 1 N–H and O–H groups in total. The van der Waals surface area contributed by atoms with Crippen molar-refractivity contribution in [3.05, 3.63) is 45.4 Å². The lowest BCUT2D eigenvalue weighted by molar-refractivity contribution is -0.133. The van der Waals surface area contributed by atoms with Crippen molar-refractivity contribution in [1.29, 1.82) is 0 Å². The lowest BCUT2D eigenvalue weighted by atomic mass is 10.1. The smallest absolute Gasteiger partial charge is 0.347 e. The molecule has 0 saturated heterocycles. The van der Waals surface area contributed by atoms with Gasteiger partial charge in [-0.15, -0.1) is 0 Å². The van der Waals surface area contributed by atoms with Crippen molar-refractivity contribution in [1.82, 2.24) is 24.2 Å². The summed E-state index contributed by atoms with van der Waals surface area (Å²) in [6, 6.07) is 3.76. The Hall–Kier alpha value is -2.48. The second kappa shape index (κ2) is 6.92. The van der Waals surface area contributed by atoms with Crippen LogP contribution in [0, 0.1) is 19.8 Å². The molecule has 8 nitrogen and oxygen atoms in total. The van der Waals surface area contributed by atoms with Gasteiger partial charge in [-0.1, -0.05) is 0 Å². The van der Waals surface area contributed by atoms with Crippen LogP contribution in [-0.4, -0.2) is 41.8 Å². The lowest BCUT2D eigenvalue weighted by Gasteiger charge is -2.28. The highest BCUT2D eigenvalue weighted by molar-refractivity contribution is 5.76. The lowest BCUT2D eigenvalue weighted by Crippen LogP contribution is -2.39. The number of aromatic nitrogens is 4. The maximum atomic E-state index is 12.6. The zero-order valence-electron chi connectivity index (χ0n) is 15.8. The predicted octanol–water partition coefficient (Wildman–Crippen LogP) is 0.933. The number of hydrogen-bond donors (Lipinski definition) is 1. The number of hydrogen-bond acceptors (Lipinski definition) is 5. The number of aryl methyl sites for hydroxylation is 2. The van der Waals surface area contributed by atoms with Crippen LogP contribution in [0.3, 0.4) is 0 Å². The molecule has 1 aliphatic carbocycles. The summed E-state index contributed by atoms with van der Waals surface area (Å²) in [5.74, 6) is 0.350. The molecule has 0 spiro atoms. The highest BCUT2D eigenvalue weighted by Gasteiger charge is 2.33. The molecule has 4 rings (SSSR count). The van der Waals surface area contributed by atoms with Crippen molar-refractivity contribution in [2.24, 2.45) is 5.92 Å². The van der Waals surface area contributed by atoms with E-state index in [1.165, 1.54) is 0 Å². The first-order valence-corrected chi connectivity index (χ1v) is 9.50. The maximum absolute atomic E-state index is 12.6. The topological polar surface area (TPSA) is 93.3 Å². The Morgan fingerprint density at radius 3 is 2.78 bits per heavy atom. The fraction of sp³-hybridized carbons (Fsp3) is 0.579. The van der Waals surface area contributed by atoms with Gasteiger partial charge in [-0.2, -0.15) is 10.1 Å². The number of nitrogens with zero attached hydrogens (tertiary/aromatic N) is 5. The van der Waals surface area contributed by atoms with Crippen LogP contribution < -0.4 is 5.69 Å². The molecule has 0 radical (unpaired) electrons. The molecule has 1 unspecified atom stereocenters. The van der Waals surface area contributed by atoms with Gasteiger partial charge in [0.2, 0.25) is 5.91 Å². The standard InChI is InChI=1S/C19H25N5O3/c1-12-9-13(2)23(19(27)20-12)6-5-17(25)22-7-8-24-15(11-22)10-16(21-24)18(26)14-3-4-14/h9-10,14,18,26H,3-8,11H2,1-2H3. The minimum atomic E-state index is -0.490. The molecular weight excluding hydrogens is 346 g/mol. The van der Waals surface area contributed by atoms with E-state index in [1.807, 2.05) is 23.7 Å². The summed E-state index contributed by atoms with van der Waals surface area (Å²) in [6.07, 6.45) is 1.88. The fourth-order valence-electron chi connectivity index (χ4n) is 3.71. The van der Waals surface area contributed by atoms with Crippen LogP contribution in [-0.2, 0) is 24.4 Å². The van der Waals surface area contributed by atoms with Crippen molar-refractivity contribution in [3.8, 4) is 0 Å². The average molecular weight is 371 g/mol. The zero-order chi connectivity index (χ0) is 19.1. The summed E-state index contributed by atoms with van der Waals surface area (Å²) < 4.78 is 3.44. The normalized spacial score (nSPS) is 17.7. The van der Waals surface area contributed by atoms with Gasteiger partial charge in [0.05, 0.1) is 24.5 Å². The Labute approximate surface area is 157 Å². The van der Waals surface area contributed by atoms with Crippen molar-refractivity contribution < 1.29 is 9.90 Å². The van der Waals surface area contributed by atoms with Gasteiger partial charge >= 0.3 is 5.69 Å². The van der Waals surface area contributed by atoms with Crippen LogP contribution in [0.25, 0.3) is 0 Å².